The molecule has 0 fully saturated rings. The van der Waals surface area contributed by atoms with E-state index in [1.54, 1.807) is 49.6 Å². The number of amides is 2. The van der Waals surface area contributed by atoms with Gasteiger partial charge in [-0.15, -0.1) is 0 Å². The number of rotatable bonds is 7. The Bertz CT molecular complexity index is 1210. The second-order valence-electron chi connectivity index (χ2n) is 6.95. The minimum Gasteiger partial charge on any atom is -0.308 e. The van der Waals surface area contributed by atoms with Gasteiger partial charge in [-0.1, -0.05) is 49.4 Å². The lowest BCUT2D eigenvalue weighted by Crippen LogP contribution is -2.20. The Morgan fingerprint density at radius 3 is 2.35 bits per heavy atom. The molecule has 0 saturated carbocycles. The maximum Gasteiger partial charge on any atom is 0.323 e. The number of nitrogens with one attached hydrogen (secondary N) is 2. The fourth-order valence-corrected chi connectivity index (χ4v) is 5.02. The summed E-state index contributed by atoms with van der Waals surface area (Å²) < 4.78 is 36.8. The second-order valence-corrected chi connectivity index (χ2v) is 10.4. The molecule has 31 heavy (non-hydrogen) atoms. The van der Waals surface area contributed by atoms with Gasteiger partial charge in [0, 0.05) is 33.2 Å². The fourth-order valence-electron chi connectivity index (χ4n) is 3.11. The summed E-state index contributed by atoms with van der Waals surface area (Å²) in [5.74, 6) is 0.0320. The quantitative estimate of drug-likeness (QED) is 0.528. The summed E-state index contributed by atoms with van der Waals surface area (Å²) in [5.41, 5.74) is 2.42. The molecule has 0 aliphatic heterocycles. The van der Waals surface area contributed by atoms with Gasteiger partial charge in [0.1, 0.15) is 0 Å². The Hall–Kier alpha value is -2.97. The van der Waals surface area contributed by atoms with E-state index in [1.165, 1.54) is 6.07 Å². The van der Waals surface area contributed by atoms with Crippen molar-refractivity contribution in [1.82, 2.24) is 0 Å². The third-order valence-corrected chi connectivity index (χ3v) is 7.42. The van der Waals surface area contributed by atoms with Crippen molar-refractivity contribution in [2.75, 3.05) is 22.6 Å². The predicted molar refractivity (Wildman–Crippen MR) is 126 cm³/mol. The fraction of sp³-hybridized carbons (Fsp3) is 0.174. The lowest BCUT2D eigenvalue weighted by Gasteiger charge is -2.15. The molecule has 2 N–H and O–H groups in total. The SMILES string of the molecule is CCCS(=O)(=O)c1ccc(-c2ccccc2)c(NC(=O)Nc2cccc(S(C)=O)c2)c1. The first-order valence-electron chi connectivity index (χ1n) is 9.74. The molecular weight excluding hydrogens is 432 g/mol. The number of hydrogen-bond donors (Lipinski definition) is 2. The van der Waals surface area contributed by atoms with Crippen LogP contribution in [-0.2, 0) is 20.6 Å². The molecule has 0 aliphatic carbocycles. The minimum absolute atomic E-state index is 0.0320. The number of carbonyl (C=O) groups is 1. The minimum atomic E-state index is -3.45. The van der Waals surface area contributed by atoms with Gasteiger partial charge in [-0.2, -0.15) is 0 Å². The molecule has 0 saturated heterocycles. The molecule has 0 heterocycles. The second kappa shape index (κ2) is 9.89. The zero-order valence-electron chi connectivity index (χ0n) is 17.3. The molecule has 2 amide bonds. The van der Waals surface area contributed by atoms with Crippen LogP contribution in [0.15, 0.2) is 82.6 Å². The molecule has 162 valence electrons. The summed E-state index contributed by atoms with van der Waals surface area (Å²) in [4.78, 5) is 13.4. The zero-order chi connectivity index (χ0) is 22.4. The van der Waals surface area contributed by atoms with E-state index in [9.17, 15) is 17.4 Å². The van der Waals surface area contributed by atoms with E-state index in [1.807, 2.05) is 30.3 Å². The third-order valence-electron chi connectivity index (χ3n) is 4.58. The Labute approximate surface area is 185 Å². The summed E-state index contributed by atoms with van der Waals surface area (Å²) in [6.07, 6.45) is 2.06. The number of anilines is 2. The molecule has 6 nitrogen and oxygen atoms in total. The highest BCUT2D eigenvalue weighted by Gasteiger charge is 2.17. The van der Waals surface area contributed by atoms with Crippen molar-refractivity contribution < 1.29 is 17.4 Å². The van der Waals surface area contributed by atoms with Crippen LogP contribution in [0, 0.1) is 0 Å². The number of benzene rings is 3. The molecule has 0 spiro atoms. The smallest absolute Gasteiger partial charge is 0.308 e. The summed E-state index contributed by atoms with van der Waals surface area (Å²) in [7, 11) is -4.62. The maximum atomic E-state index is 12.7. The molecule has 1 atom stereocenters. The highest BCUT2D eigenvalue weighted by molar-refractivity contribution is 7.91. The Balaban J connectivity index is 1.94. The molecule has 0 aromatic heterocycles. The first kappa shape index (κ1) is 22.7. The van der Waals surface area contributed by atoms with Crippen LogP contribution in [0.3, 0.4) is 0 Å². The van der Waals surface area contributed by atoms with Crippen LogP contribution < -0.4 is 10.6 Å². The van der Waals surface area contributed by atoms with Gasteiger partial charge in [-0.05, 0) is 42.3 Å². The van der Waals surface area contributed by atoms with Crippen molar-refractivity contribution >= 4 is 38.0 Å². The van der Waals surface area contributed by atoms with Crippen LogP contribution in [0.2, 0.25) is 0 Å². The highest BCUT2D eigenvalue weighted by Crippen LogP contribution is 2.31. The molecule has 0 aliphatic rings. The Morgan fingerprint density at radius 1 is 0.935 bits per heavy atom. The Morgan fingerprint density at radius 2 is 1.68 bits per heavy atom. The van der Waals surface area contributed by atoms with Crippen molar-refractivity contribution in [2.45, 2.75) is 23.1 Å². The van der Waals surface area contributed by atoms with Gasteiger partial charge < -0.3 is 10.6 Å². The monoisotopic (exact) mass is 456 g/mol. The molecule has 1 unspecified atom stereocenters. The molecule has 3 aromatic carbocycles. The van der Waals surface area contributed by atoms with Crippen molar-refractivity contribution in [3.05, 3.63) is 72.8 Å². The Kier molecular flexibility index (Phi) is 7.25. The number of sulfone groups is 1. The van der Waals surface area contributed by atoms with Crippen LogP contribution in [0.4, 0.5) is 16.2 Å². The van der Waals surface area contributed by atoms with E-state index < -0.39 is 26.7 Å². The van der Waals surface area contributed by atoms with Gasteiger partial charge in [0.05, 0.1) is 16.3 Å². The van der Waals surface area contributed by atoms with Crippen LogP contribution in [0.1, 0.15) is 13.3 Å². The van der Waals surface area contributed by atoms with Gasteiger partial charge in [-0.3, -0.25) is 4.21 Å². The lowest BCUT2D eigenvalue weighted by molar-refractivity contribution is 0.262. The molecule has 8 heteroatoms. The van der Waals surface area contributed by atoms with Gasteiger partial charge in [0.25, 0.3) is 0 Å². The van der Waals surface area contributed by atoms with E-state index in [0.29, 0.717) is 28.3 Å². The van der Waals surface area contributed by atoms with Crippen molar-refractivity contribution in [1.29, 1.82) is 0 Å². The van der Waals surface area contributed by atoms with Gasteiger partial charge in [-0.25, -0.2) is 13.2 Å². The molecule has 0 radical (unpaired) electrons. The number of hydrogen-bond acceptors (Lipinski definition) is 4. The average molecular weight is 457 g/mol. The van der Waals surface area contributed by atoms with Crippen LogP contribution >= 0.6 is 0 Å². The topological polar surface area (TPSA) is 92.3 Å². The number of urea groups is 1. The summed E-state index contributed by atoms with van der Waals surface area (Å²) >= 11 is 0. The van der Waals surface area contributed by atoms with Crippen molar-refractivity contribution in [3.63, 3.8) is 0 Å². The zero-order valence-corrected chi connectivity index (χ0v) is 18.9. The third kappa shape index (κ3) is 5.80. The molecular formula is C23H24N2O4S2. The van der Waals surface area contributed by atoms with Gasteiger partial charge in [0.2, 0.25) is 0 Å². The van der Waals surface area contributed by atoms with Crippen molar-refractivity contribution in [3.8, 4) is 11.1 Å². The first-order chi connectivity index (χ1) is 14.8. The average Bonchev–Trinajstić information content (AvgIpc) is 2.74. The molecule has 0 bridgehead atoms. The normalized spacial score (nSPS) is 12.2. The summed E-state index contributed by atoms with van der Waals surface area (Å²) in [6.45, 7) is 1.81. The van der Waals surface area contributed by atoms with E-state index in [2.05, 4.69) is 10.6 Å². The predicted octanol–water partition coefficient (Wildman–Crippen LogP) is 4.92. The molecule has 3 aromatic rings. The van der Waals surface area contributed by atoms with Crippen molar-refractivity contribution in [2.24, 2.45) is 0 Å². The van der Waals surface area contributed by atoms with E-state index >= 15 is 0 Å². The molecule has 3 rings (SSSR count). The van der Waals surface area contributed by atoms with Gasteiger partial charge in [0.15, 0.2) is 9.84 Å². The summed E-state index contributed by atoms with van der Waals surface area (Å²) in [5, 5.41) is 5.48. The van der Waals surface area contributed by atoms with Crippen LogP contribution in [0.25, 0.3) is 11.1 Å². The van der Waals surface area contributed by atoms with E-state index in [4.69, 9.17) is 0 Å². The largest absolute Gasteiger partial charge is 0.323 e. The van der Waals surface area contributed by atoms with Gasteiger partial charge >= 0.3 is 6.03 Å². The number of carbonyl (C=O) groups excluding carboxylic acids is 1. The maximum absolute atomic E-state index is 12.7. The van der Waals surface area contributed by atoms with Crippen LogP contribution in [0.5, 0.6) is 0 Å². The lowest BCUT2D eigenvalue weighted by atomic mass is 10.0. The van der Waals surface area contributed by atoms with Crippen LogP contribution in [-0.4, -0.2) is 30.7 Å². The summed E-state index contributed by atoms with van der Waals surface area (Å²) in [6, 6.07) is 20.4. The highest BCUT2D eigenvalue weighted by atomic mass is 32.2. The van der Waals surface area contributed by atoms with E-state index in [-0.39, 0.29) is 10.6 Å². The van der Waals surface area contributed by atoms with E-state index in [0.717, 1.165) is 5.56 Å². The first-order valence-corrected chi connectivity index (χ1v) is 12.9. The standard InChI is InChI=1S/C23H24N2O4S2/c1-3-14-31(28,29)20-12-13-21(17-8-5-4-6-9-17)22(16-20)25-23(26)24-18-10-7-11-19(15-18)30(2)27/h4-13,15-16H,3,14H2,1-2H3,(H2,24,25,26).